The molecule has 0 saturated carbocycles. The Labute approximate surface area is 137 Å². The van der Waals surface area contributed by atoms with Crippen molar-refractivity contribution in [2.75, 3.05) is 18.8 Å². The van der Waals surface area contributed by atoms with Gasteiger partial charge in [-0.05, 0) is 37.6 Å². The van der Waals surface area contributed by atoms with Gasteiger partial charge in [-0.2, -0.15) is 0 Å². The summed E-state index contributed by atoms with van der Waals surface area (Å²) in [5.41, 5.74) is 7.38. The molecule has 22 heavy (non-hydrogen) atoms. The van der Waals surface area contributed by atoms with Crippen LogP contribution in [0.5, 0.6) is 0 Å². The maximum atomic E-state index is 14.0. The van der Waals surface area contributed by atoms with Gasteiger partial charge in [0.25, 0.3) is 0 Å². The van der Waals surface area contributed by atoms with Gasteiger partial charge in [0.2, 0.25) is 5.95 Å². The van der Waals surface area contributed by atoms with Crippen molar-refractivity contribution in [2.24, 2.45) is 0 Å². The third-order valence-electron chi connectivity index (χ3n) is 4.03. The van der Waals surface area contributed by atoms with Crippen molar-refractivity contribution in [1.29, 1.82) is 0 Å². The molecule has 6 heteroatoms. The number of aromatic nitrogens is 2. The van der Waals surface area contributed by atoms with Crippen molar-refractivity contribution in [2.45, 2.75) is 25.3 Å². The lowest BCUT2D eigenvalue weighted by Gasteiger charge is -2.32. The van der Waals surface area contributed by atoms with Gasteiger partial charge in [-0.1, -0.05) is 22.0 Å². The summed E-state index contributed by atoms with van der Waals surface area (Å²) in [6.45, 7) is 2.47. The van der Waals surface area contributed by atoms with Crippen molar-refractivity contribution in [3.63, 3.8) is 0 Å². The molecule has 2 N–H and O–H groups in total. The summed E-state index contributed by atoms with van der Waals surface area (Å²) in [7, 11) is 0. The van der Waals surface area contributed by atoms with Gasteiger partial charge >= 0.3 is 0 Å². The van der Waals surface area contributed by atoms with Gasteiger partial charge in [0, 0.05) is 35.2 Å². The number of hydrogen-bond donors (Lipinski definition) is 1. The molecule has 0 radical (unpaired) electrons. The monoisotopic (exact) mass is 364 g/mol. The zero-order valence-corrected chi connectivity index (χ0v) is 13.8. The first-order valence-corrected chi connectivity index (χ1v) is 8.16. The molecule has 1 fully saturated rings. The smallest absolute Gasteiger partial charge is 0.220 e. The number of piperidine rings is 1. The second kappa shape index (κ2) is 6.71. The summed E-state index contributed by atoms with van der Waals surface area (Å²) < 4.78 is 14.8. The molecule has 1 aromatic heterocycles. The van der Waals surface area contributed by atoms with E-state index in [4.69, 9.17) is 5.73 Å². The van der Waals surface area contributed by atoms with Crippen molar-refractivity contribution in [1.82, 2.24) is 14.9 Å². The predicted octanol–water partition coefficient (Wildman–Crippen LogP) is 3.34. The number of halogens is 2. The normalized spacial score (nSPS) is 19.3. The van der Waals surface area contributed by atoms with Crippen LogP contribution in [0.15, 0.2) is 34.9 Å². The number of likely N-dealkylation sites (tertiary alicyclic amines) is 1. The Bertz CT molecular complexity index is 664. The number of benzene rings is 1. The van der Waals surface area contributed by atoms with Gasteiger partial charge in [-0.15, -0.1) is 0 Å². The van der Waals surface area contributed by atoms with E-state index in [1.807, 2.05) is 18.2 Å². The quantitative estimate of drug-likeness (QED) is 0.907. The molecule has 0 amide bonds. The highest BCUT2D eigenvalue weighted by molar-refractivity contribution is 9.10. The van der Waals surface area contributed by atoms with Crippen LogP contribution in [0.2, 0.25) is 0 Å². The molecule has 2 aromatic rings. The molecule has 1 aliphatic rings. The fraction of sp³-hybridized carbons (Fsp3) is 0.375. The standard InChI is InChI=1S/C16H18BrFN4/c17-13-4-3-11(14(18)8-13)9-22-7-1-2-12(10-22)15-5-6-20-16(19)21-15/h3-6,8,12H,1-2,7,9-10H2,(H2,19,20,21)/t12-/m0/s1. The molecule has 3 rings (SSSR count). The van der Waals surface area contributed by atoms with Gasteiger partial charge < -0.3 is 5.73 Å². The highest BCUT2D eigenvalue weighted by Gasteiger charge is 2.23. The first-order chi connectivity index (χ1) is 10.6. The van der Waals surface area contributed by atoms with Crippen LogP contribution in [0, 0.1) is 5.82 Å². The van der Waals surface area contributed by atoms with E-state index in [0.717, 1.165) is 41.7 Å². The molecule has 0 spiro atoms. The zero-order valence-electron chi connectivity index (χ0n) is 12.2. The third-order valence-corrected chi connectivity index (χ3v) is 4.52. The number of anilines is 1. The lowest BCUT2D eigenvalue weighted by molar-refractivity contribution is 0.196. The maximum absolute atomic E-state index is 14.0. The van der Waals surface area contributed by atoms with Crippen LogP contribution < -0.4 is 5.73 Å². The number of rotatable bonds is 3. The second-order valence-electron chi connectivity index (χ2n) is 5.65. The lowest BCUT2D eigenvalue weighted by atomic mass is 9.94. The summed E-state index contributed by atoms with van der Waals surface area (Å²) in [6.07, 6.45) is 3.85. The summed E-state index contributed by atoms with van der Waals surface area (Å²) in [5, 5.41) is 0. The molecule has 2 heterocycles. The molecule has 0 aliphatic carbocycles. The van der Waals surface area contributed by atoms with Crippen LogP contribution in [0.3, 0.4) is 0 Å². The Morgan fingerprint density at radius 2 is 2.23 bits per heavy atom. The first kappa shape index (κ1) is 15.4. The topological polar surface area (TPSA) is 55.0 Å². The Kier molecular flexibility index (Phi) is 4.69. The van der Waals surface area contributed by atoms with Gasteiger partial charge in [0.1, 0.15) is 5.82 Å². The van der Waals surface area contributed by atoms with E-state index in [1.54, 1.807) is 6.20 Å². The summed E-state index contributed by atoms with van der Waals surface area (Å²) in [4.78, 5) is 10.5. The van der Waals surface area contributed by atoms with Crippen molar-refractivity contribution >= 4 is 21.9 Å². The van der Waals surface area contributed by atoms with Crippen LogP contribution in [-0.4, -0.2) is 28.0 Å². The molecule has 0 bridgehead atoms. The average molecular weight is 365 g/mol. The summed E-state index contributed by atoms with van der Waals surface area (Å²) in [6, 6.07) is 7.16. The van der Waals surface area contributed by atoms with Crippen LogP contribution in [-0.2, 0) is 6.54 Å². The fourth-order valence-electron chi connectivity index (χ4n) is 2.95. The minimum absolute atomic E-state index is 0.164. The summed E-state index contributed by atoms with van der Waals surface area (Å²) >= 11 is 3.29. The highest BCUT2D eigenvalue weighted by atomic mass is 79.9. The van der Waals surface area contributed by atoms with Gasteiger partial charge in [0.15, 0.2) is 0 Å². The van der Waals surface area contributed by atoms with Crippen LogP contribution in [0.1, 0.15) is 30.0 Å². The van der Waals surface area contributed by atoms with E-state index in [2.05, 4.69) is 30.8 Å². The van der Waals surface area contributed by atoms with Crippen molar-refractivity contribution in [3.8, 4) is 0 Å². The number of nitrogen functional groups attached to an aromatic ring is 1. The van der Waals surface area contributed by atoms with E-state index in [1.165, 1.54) is 6.07 Å². The molecule has 1 aliphatic heterocycles. The average Bonchev–Trinajstić information content (AvgIpc) is 2.50. The SMILES string of the molecule is Nc1nccc([C@H]2CCCN(Cc3ccc(Br)cc3F)C2)n1. The molecule has 1 atom stereocenters. The number of nitrogens with two attached hydrogens (primary N) is 1. The first-order valence-electron chi connectivity index (χ1n) is 7.36. The second-order valence-corrected chi connectivity index (χ2v) is 6.57. The van der Waals surface area contributed by atoms with E-state index < -0.39 is 0 Å². The molecule has 4 nitrogen and oxygen atoms in total. The van der Waals surface area contributed by atoms with Gasteiger partial charge in [0.05, 0.1) is 5.69 Å². The molecular formula is C16H18BrFN4. The zero-order chi connectivity index (χ0) is 15.5. The minimum atomic E-state index is -0.164. The van der Waals surface area contributed by atoms with Crippen molar-refractivity contribution in [3.05, 3.63) is 52.0 Å². The Morgan fingerprint density at radius 1 is 1.36 bits per heavy atom. The van der Waals surface area contributed by atoms with Crippen LogP contribution in [0.25, 0.3) is 0 Å². The lowest BCUT2D eigenvalue weighted by Crippen LogP contribution is -2.34. The Hall–Kier alpha value is -1.53. The van der Waals surface area contributed by atoms with E-state index in [-0.39, 0.29) is 5.82 Å². The van der Waals surface area contributed by atoms with Crippen LogP contribution in [0.4, 0.5) is 10.3 Å². The fourth-order valence-corrected chi connectivity index (χ4v) is 3.28. The molecule has 116 valence electrons. The number of nitrogens with zero attached hydrogens (tertiary/aromatic N) is 3. The van der Waals surface area contributed by atoms with E-state index >= 15 is 0 Å². The largest absolute Gasteiger partial charge is 0.368 e. The highest BCUT2D eigenvalue weighted by Crippen LogP contribution is 2.27. The predicted molar refractivity (Wildman–Crippen MR) is 87.8 cm³/mol. The summed E-state index contributed by atoms with van der Waals surface area (Å²) in [5.74, 6) is 0.480. The number of hydrogen-bond acceptors (Lipinski definition) is 4. The van der Waals surface area contributed by atoms with Gasteiger partial charge in [-0.3, -0.25) is 4.90 Å². The third kappa shape index (κ3) is 3.62. The van der Waals surface area contributed by atoms with E-state index in [0.29, 0.717) is 18.4 Å². The van der Waals surface area contributed by atoms with E-state index in [9.17, 15) is 4.39 Å². The van der Waals surface area contributed by atoms with Crippen molar-refractivity contribution < 1.29 is 4.39 Å². The molecular weight excluding hydrogens is 347 g/mol. The van der Waals surface area contributed by atoms with Gasteiger partial charge in [-0.25, -0.2) is 14.4 Å². The Balaban J connectivity index is 1.70. The molecule has 0 unspecified atom stereocenters. The minimum Gasteiger partial charge on any atom is -0.368 e. The Morgan fingerprint density at radius 3 is 3.00 bits per heavy atom. The molecule has 1 aromatic carbocycles. The molecule has 1 saturated heterocycles. The maximum Gasteiger partial charge on any atom is 0.220 e. The van der Waals surface area contributed by atoms with Crippen LogP contribution >= 0.6 is 15.9 Å².